The lowest BCUT2D eigenvalue weighted by atomic mass is 10.2. The fraction of sp³-hybridized carbons (Fsp3) is 0.294. The summed E-state index contributed by atoms with van der Waals surface area (Å²) < 4.78 is 5.18. The maximum absolute atomic E-state index is 12.0. The Morgan fingerprint density at radius 1 is 1.27 bits per heavy atom. The zero-order valence-electron chi connectivity index (χ0n) is 12.9. The van der Waals surface area contributed by atoms with Crippen molar-refractivity contribution in [2.75, 3.05) is 19.0 Å². The van der Waals surface area contributed by atoms with Crippen molar-refractivity contribution in [2.24, 2.45) is 0 Å². The van der Waals surface area contributed by atoms with Gasteiger partial charge in [-0.3, -0.25) is 4.79 Å². The van der Waals surface area contributed by atoms with Gasteiger partial charge < -0.3 is 15.4 Å². The summed E-state index contributed by atoms with van der Waals surface area (Å²) in [7, 11) is 1.62. The van der Waals surface area contributed by atoms with Gasteiger partial charge in [-0.2, -0.15) is 0 Å². The highest BCUT2D eigenvalue weighted by Gasteiger charge is 2.06. The van der Waals surface area contributed by atoms with E-state index in [0.717, 1.165) is 24.3 Å². The Morgan fingerprint density at radius 3 is 2.91 bits per heavy atom. The molecule has 0 saturated carbocycles. The summed E-state index contributed by atoms with van der Waals surface area (Å²) in [4.78, 5) is 16.3. The van der Waals surface area contributed by atoms with Crippen LogP contribution in [0.4, 0.5) is 11.5 Å². The molecule has 0 saturated heterocycles. The van der Waals surface area contributed by atoms with Gasteiger partial charge in [0.05, 0.1) is 7.11 Å². The quantitative estimate of drug-likeness (QED) is 0.769. The Bertz CT molecular complexity index is 629. The zero-order chi connectivity index (χ0) is 15.8. The molecule has 0 unspecified atom stereocenters. The third-order valence-electron chi connectivity index (χ3n) is 3.18. The van der Waals surface area contributed by atoms with E-state index >= 15 is 0 Å². The van der Waals surface area contributed by atoms with E-state index < -0.39 is 0 Å². The Kier molecular flexibility index (Phi) is 5.77. The molecule has 2 aromatic rings. The van der Waals surface area contributed by atoms with Crippen molar-refractivity contribution in [3.05, 3.63) is 48.2 Å². The molecule has 1 aromatic heterocycles. The fourth-order valence-corrected chi connectivity index (χ4v) is 1.97. The number of rotatable bonds is 7. The summed E-state index contributed by atoms with van der Waals surface area (Å²) in [6.07, 6.45) is 3.66. The van der Waals surface area contributed by atoms with Crippen LogP contribution in [-0.2, 0) is 0 Å². The van der Waals surface area contributed by atoms with Gasteiger partial charge in [-0.15, -0.1) is 0 Å². The van der Waals surface area contributed by atoms with Gasteiger partial charge in [-0.05, 0) is 30.7 Å². The van der Waals surface area contributed by atoms with Crippen molar-refractivity contribution >= 4 is 17.4 Å². The molecule has 0 spiro atoms. The fourth-order valence-electron chi connectivity index (χ4n) is 1.97. The van der Waals surface area contributed by atoms with E-state index in [2.05, 4.69) is 22.5 Å². The molecule has 0 atom stereocenters. The lowest BCUT2D eigenvalue weighted by molar-refractivity contribution is 0.0953. The summed E-state index contributed by atoms with van der Waals surface area (Å²) in [5.74, 6) is 1.31. The SMILES string of the molecule is CCCCNC(=O)c1ccnc(Nc2cccc(OC)c2)c1. The second-order valence-electron chi connectivity index (χ2n) is 4.90. The molecule has 2 N–H and O–H groups in total. The van der Waals surface area contributed by atoms with Gasteiger partial charge in [0.2, 0.25) is 0 Å². The highest BCUT2D eigenvalue weighted by Crippen LogP contribution is 2.20. The summed E-state index contributed by atoms with van der Waals surface area (Å²) >= 11 is 0. The largest absolute Gasteiger partial charge is 0.497 e. The van der Waals surface area contributed by atoms with Crippen LogP contribution in [0.5, 0.6) is 5.75 Å². The third kappa shape index (κ3) is 4.48. The van der Waals surface area contributed by atoms with Crippen LogP contribution in [0, 0.1) is 0 Å². The molecule has 0 radical (unpaired) electrons. The molecular formula is C17H21N3O2. The monoisotopic (exact) mass is 299 g/mol. The smallest absolute Gasteiger partial charge is 0.251 e. The summed E-state index contributed by atoms with van der Waals surface area (Å²) in [6, 6.07) is 11.0. The van der Waals surface area contributed by atoms with E-state index in [9.17, 15) is 4.79 Å². The molecule has 116 valence electrons. The van der Waals surface area contributed by atoms with E-state index in [1.165, 1.54) is 0 Å². The lowest BCUT2D eigenvalue weighted by Crippen LogP contribution is -2.24. The van der Waals surface area contributed by atoms with Gasteiger partial charge in [-0.1, -0.05) is 19.4 Å². The number of carbonyl (C=O) groups is 1. The minimum Gasteiger partial charge on any atom is -0.497 e. The van der Waals surface area contributed by atoms with Crippen LogP contribution in [0.15, 0.2) is 42.6 Å². The van der Waals surface area contributed by atoms with Crippen molar-refractivity contribution in [3.63, 3.8) is 0 Å². The van der Waals surface area contributed by atoms with Crippen LogP contribution in [-0.4, -0.2) is 24.5 Å². The van der Waals surface area contributed by atoms with Crippen LogP contribution >= 0.6 is 0 Å². The minimum absolute atomic E-state index is 0.0791. The van der Waals surface area contributed by atoms with Gasteiger partial charge in [0.25, 0.3) is 5.91 Å². The third-order valence-corrected chi connectivity index (χ3v) is 3.18. The first-order chi connectivity index (χ1) is 10.7. The van der Waals surface area contributed by atoms with Crippen LogP contribution < -0.4 is 15.4 Å². The van der Waals surface area contributed by atoms with Crippen molar-refractivity contribution in [1.82, 2.24) is 10.3 Å². The average molecular weight is 299 g/mol. The van der Waals surface area contributed by atoms with E-state index in [4.69, 9.17) is 4.74 Å². The number of amides is 1. The topological polar surface area (TPSA) is 63.2 Å². The van der Waals surface area contributed by atoms with Gasteiger partial charge in [0.15, 0.2) is 0 Å². The summed E-state index contributed by atoms with van der Waals surface area (Å²) in [6.45, 7) is 2.78. The van der Waals surface area contributed by atoms with E-state index in [1.807, 2.05) is 24.3 Å². The maximum atomic E-state index is 12.0. The number of hydrogen-bond donors (Lipinski definition) is 2. The number of pyridine rings is 1. The average Bonchev–Trinajstić information content (AvgIpc) is 2.55. The first-order valence-electron chi connectivity index (χ1n) is 7.38. The molecule has 0 aliphatic heterocycles. The second-order valence-corrected chi connectivity index (χ2v) is 4.90. The van der Waals surface area contributed by atoms with Crippen molar-refractivity contribution in [1.29, 1.82) is 0 Å². The first-order valence-corrected chi connectivity index (χ1v) is 7.38. The maximum Gasteiger partial charge on any atom is 0.251 e. The van der Waals surface area contributed by atoms with Gasteiger partial charge in [0.1, 0.15) is 11.6 Å². The highest BCUT2D eigenvalue weighted by molar-refractivity contribution is 5.94. The minimum atomic E-state index is -0.0791. The number of carbonyl (C=O) groups excluding carboxylic acids is 1. The van der Waals surface area contributed by atoms with Gasteiger partial charge >= 0.3 is 0 Å². The molecule has 2 rings (SSSR count). The normalized spacial score (nSPS) is 10.1. The van der Waals surface area contributed by atoms with Crippen LogP contribution in [0.1, 0.15) is 30.1 Å². The molecular weight excluding hydrogens is 278 g/mol. The number of unbranched alkanes of at least 4 members (excludes halogenated alkanes) is 1. The molecule has 1 amide bonds. The van der Waals surface area contributed by atoms with E-state index in [-0.39, 0.29) is 5.91 Å². The lowest BCUT2D eigenvalue weighted by Gasteiger charge is -2.09. The zero-order valence-corrected chi connectivity index (χ0v) is 12.9. The summed E-state index contributed by atoms with van der Waals surface area (Å²) in [5, 5.41) is 6.06. The molecule has 0 bridgehead atoms. The Morgan fingerprint density at radius 2 is 2.14 bits per heavy atom. The number of hydrogen-bond acceptors (Lipinski definition) is 4. The first kappa shape index (κ1) is 15.8. The molecule has 5 heteroatoms. The number of methoxy groups -OCH3 is 1. The van der Waals surface area contributed by atoms with Crippen molar-refractivity contribution < 1.29 is 9.53 Å². The van der Waals surface area contributed by atoms with Crippen LogP contribution in [0.2, 0.25) is 0 Å². The molecule has 1 heterocycles. The Labute approximate surface area is 130 Å². The number of benzene rings is 1. The van der Waals surface area contributed by atoms with Crippen molar-refractivity contribution in [3.8, 4) is 5.75 Å². The molecule has 1 aromatic carbocycles. The Hall–Kier alpha value is -2.56. The predicted octanol–water partition coefficient (Wildman–Crippen LogP) is 3.36. The number of nitrogens with zero attached hydrogens (tertiary/aromatic N) is 1. The number of aromatic nitrogens is 1. The molecule has 0 aliphatic rings. The highest BCUT2D eigenvalue weighted by atomic mass is 16.5. The Balaban J connectivity index is 2.06. The second kappa shape index (κ2) is 8.02. The number of nitrogens with one attached hydrogen (secondary N) is 2. The predicted molar refractivity (Wildman–Crippen MR) is 87.8 cm³/mol. The standard InChI is InChI=1S/C17H21N3O2/c1-3-4-9-19-17(21)13-8-10-18-16(11-13)20-14-6-5-7-15(12-14)22-2/h5-8,10-12H,3-4,9H2,1-2H3,(H,18,20)(H,19,21). The van der Waals surface area contributed by atoms with Gasteiger partial charge in [-0.25, -0.2) is 4.98 Å². The molecule has 22 heavy (non-hydrogen) atoms. The van der Waals surface area contributed by atoms with E-state index in [1.54, 1.807) is 25.4 Å². The van der Waals surface area contributed by atoms with Crippen LogP contribution in [0.25, 0.3) is 0 Å². The van der Waals surface area contributed by atoms with Crippen molar-refractivity contribution in [2.45, 2.75) is 19.8 Å². The van der Waals surface area contributed by atoms with E-state index in [0.29, 0.717) is 17.9 Å². The molecule has 5 nitrogen and oxygen atoms in total. The summed E-state index contributed by atoms with van der Waals surface area (Å²) in [5.41, 5.74) is 1.45. The number of ether oxygens (including phenoxy) is 1. The molecule has 0 aliphatic carbocycles. The van der Waals surface area contributed by atoms with Gasteiger partial charge in [0, 0.05) is 30.1 Å². The molecule has 0 fully saturated rings. The van der Waals surface area contributed by atoms with Crippen LogP contribution in [0.3, 0.4) is 0 Å². The number of anilines is 2.